The number of nitrogens with zero attached hydrogens (tertiary/aromatic N) is 1. The highest BCUT2D eigenvalue weighted by atomic mass is 32.1. The second-order valence-electron chi connectivity index (χ2n) is 16.3. The fourth-order valence-electron chi connectivity index (χ4n) is 9.57. The Labute approximate surface area is 371 Å². The van der Waals surface area contributed by atoms with Gasteiger partial charge in [0.25, 0.3) is 0 Å². The third-order valence-corrected chi connectivity index (χ3v) is 15.1. The highest BCUT2D eigenvalue weighted by Gasteiger charge is 2.27. The van der Waals surface area contributed by atoms with Crippen LogP contribution in [-0.2, 0) is 0 Å². The van der Waals surface area contributed by atoms with Gasteiger partial charge < -0.3 is 9.73 Å². The summed E-state index contributed by atoms with van der Waals surface area (Å²) in [6, 6.07) is 72.4. The molecule has 0 fully saturated rings. The van der Waals surface area contributed by atoms with Gasteiger partial charge in [0.05, 0.1) is 12.0 Å². The van der Waals surface area contributed by atoms with E-state index in [-0.39, 0.29) is 6.04 Å². The first-order valence-corrected chi connectivity index (χ1v) is 22.9. The Morgan fingerprint density at radius 3 is 1.48 bits per heavy atom. The van der Waals surface area contributed by atoms with Crippen molar-refractivity contribution < 1.29 is 4.42 Å². The second-order valence-corrected chi connectivity index (χ2v) is 18.4. The number of aliphatic imine (C=N–C) groups is 1. The number of anilines is 1. The lowest BCUT2D eigenvalue weighted by atomic mass is 9.94. The first-order chi connectivity index (χ1) is 31.2. The van der Waals surface area contributed by atoms with Crippen molar-refractivity contribution in [1.82, 2.24) is 0 Å². The van der Waals surface area contributed by atoms with Gasteiger partial charge in [-0.15, -0.1) is 22.7 Å². The fourth-order valence-corrected chi connectivity index (χ4v) is 12.0. The Morgan fingerprint density at radius 1 is 0.397 bits per heavy atom. The van der Waals surface area contributed by atoms with Gasteiger partial charge in [0.1, 0.15) is 11.6 Å². The van der Waals surface area contributed by atoms with Gasteiger partial charge in [-0.2, -0.15) is 0 Å². The number of benzene rings is 9. The van der Waals surface area contributed by atoms with Crippen LogP contribution in [0.5, 0.6) is 0 Å². The Hall–Kier alpha value is -7.57. The summed E-state index contributed by atoms with van der Waals surface area (Å²) in [5.74, 6) is 0.825. The van der Waals surface area contributed by atoms with Crippen molar-refractivity contribution in [3.63, 3.8) is 0 Å². The molecule has 0 radical (unpaired) electrons. The zero-order valence-corrected chi connectivity index (χ0v) is 35.5. The second kappa shape index (κ2) is 14.5. The lowest BCUT2D eigenvalue weighted by molar-refractivity contribution is 0.526. The van der Waals surface area contributed by atoms with E-state index in [1.54, 1.807) is 0 Å². The van der Waals surface area contributed by atoms with E-state index in [0.29, 0.717) is 0 Å². The molecule has 12 aromatic rings. The fraction of sp³-hybridized carbons (Fsp3) is 0.0172. The van der Waals surface area contributed by atoms with Crippen molar-refractivity contribution in [2.75, 3.05) is 5.32 Å². The van der Waals surface area contributed by atoms with Crippen LogP contribution in [0, 0.1) is 0 Å². The van der Waals surface area contributed by atoms with Gasteiger partial charge in [0.2, 0.25) is 0 Å². The molecule has 3 nitrogen and oxygen atoms in total. The minimum Gasteiger partial charge on any atom is -0.456 e. The Balaban J connectivity index is 0.813. The van der Waals surface area contributed by atoms with E-state index in [4.69, 9.17) is 9.41 Å². The number of thiophene rings is 2. The lowest BCUT2D eigenvalue weighted by Crippen LogP contribution is -2.09. The average Bonchev–Trinajstić information content (AvgIpc) is 4.05. The highest BCUT2D eigenvalue weighted by Crippen LogP contribution is 2.45. The highest BCUT2D eigenvalue weighted by molar-refractivity contribution is 7.26. The summed E-state index contributed by atoms with van der Waals surface area (Å²) in [5.41, 5.74) is 14.8. The van der Waals surface area contributed by atoms with E-state index in [1.807, 2.05) is 29.0 Å². The molecule has 0 aliphatic carbocycles. The number of fused-ring (bicyclic) bond motifs is 9. The molecule has 0 bridgehead atoms. The molecule has 0 saturated carbocycles. The standard InChI is InChI=1S/C58H36N2OS2/c1-3-25-52-46(19-1)48-23-9-21-44(57(48)62-52)41-16-6-13-37(30-41)35-11-5-12-36(29-35)39-15-8-18-43(32-39)54-56-55(60-34-59-54)50-33-40(27-28-51(50)61-56)38-14-7-17-42(31-38)45-22-10-24-49-47-20-2-4-26-53(47)63-58(45)49/h1-34,54H,(H,59,60). The van der Waals surface area contributed by atoms with Gasteiger partial charge in [0, 0.05) is 45.7 Å². The molecule has 3 aromatic heterocycles. The molecule has 0 amide bonds. The van der Waals surface area contributed by atoms with Gasteiger partial charge in [-0.25, -0.2) is 0 Å². The van der Waals surface area contributed by atoms with Crippen molar-refractivity contribution in [3.8, 4) is 55.6 Å². The van der Waals surface area contributed by atoms with Gasteiger partial charge in [-0.05, 0) is 110 Å². The zero-order chi connectivity index (χ0) is 41.4. The molecule has 1 aliphatic heterocycles. The molecule has 5 heteroatoms. The van der Waals surface area contributed by atoms with Crippen LogP contribution in [0.15, 0.2) is 210 Å². The third kappa shape index (κ3) is 6.04. The van der Waals surface area contributed by atoms with Crippen molar-refractivity contribution in [2.45, 2.75) is 6.04 Å². The van der Waals surface area contributed by atoms with Crippen molar-refractivity contribution in [2.24, 2.45) is 4.99 Å². The van der Waals surface area contributed by atoms with E-state index >= 15 is 0 Å². The van der Waals surface area contributed by atoms with Crippen molar-refractivity contribution in [1.29, 1.82) is 0 Å². The van der Waals surface area contributed by atoms with Crippen molar-refractivity contribution >= 4 is 86.0 Å². The zero-order valence-electron chi connectivity index (χ0n) is 33.9. The normalized spacial score (nSPS) is 13.6. The molecular weight excluding hydrogens is 805 g/mol. The monoisotopic (exact) mass is 840 g/mol. The maximum absolute atomic E-state index is 6.66. The van der Waals surface area contributed by atoms with E-state index in [0.717, 1.165) is 44.7 Å². The van der Waals surface area contributed by atoms with E-state index < -0.39 is 0 Å². The minimum atomic E-state index is -0.279. The number of hydrogen-bond donors (Lipinski definition) is 1. The Bertz CT molecular complexity index is 3810. The van der Waals surface area contributed by atoms with Crippen LogP contribution in [-0.4, -0.2) is 6.34 Å². The average molecular weight is 841 g/mol. The molecular formula is C58H36N2OS2. The predicted octanol–water partition coefficient (Wildman–Crippen LogP) is 17.0. The quantitative estimate of drug-likeness (QED) is 0.181. The molecule has 296 valence electrons. The molecule has 0 saturated heterocycles. The van der Waals surface area contributed by atoms with Crippen LogP contribution in [0.2, 0.25) is 0 Å². The number of rotatable bonds is 6. The predicted molar refractivity (Wildman–Crippen MR) is 270 cm³/mol. The summed E-state index contributed by atoms with van der Waals surface area (Å²) in [6.07, 6.45) is 1.82. The minimum absolute atomic E-state index is 0.279. The summed E-state index contributed by atoms with van der Waals surface area (Å²) in [6.45, 7) is 0. The van der Waals surface area contributed by atoms with Crippen LogP contribution in [0.3, 0.4) is 0 Å². The molecule has 1 aliphatic rings. The van der Waals surface area contributed by atoms with E-state index in [2.05, 4.69) is 206 Å². The van der Waals surface area contributed by atoms with Gasteiger partial charge >= 0.3 is 0 Å². The SMILES string of the molecule is C1=NC(c2cccc(-c3cccc(-c4cccc(-c5cccc6c5sc5ccccc56)c4)c3)c2)c2oc3ccc(-c4cccc(-c5cccc6c5sc5ccccc56)c4)cc3c2N1. The summed E-state index contributed by atoms with van der Waals surface area (Å²) in [7, 11) is 0. The van der Waals surface area contributed by atoms with Crippen LogP contribution in [0.1, 0.15) is 17.4 Å². The molecule has 1 atom stereocenters. The molecule has 9 aromatic carbocycles. The molecule has 1 N–H and O–H groups in total. The first-order valence-electron chi connectivity index (χ1n) is 21.3. The third-order valence-electron chi connectivity index (χ3n) is 12.6. The summed E-state index contributed by atoms with van der Waals surface area (Å²) in [4.78, 5) is 4.95. The largest absolute Gasteiger partial charge is 0.456 e. The first kappa shape index (κ1) is 36.1. The molecule has 13 rings (SSSR count). The summed E-state index contributed by atoms with van der Waals surface area (Å²) >= 11 is 3.74. The number of nitrogens with one attached hydrogen (secondary N) is 1. The smallest absolute Gasteiger partial charge is 0.157 e. The van der Waals surface area contributed by atoms with Gasteiger partial charge in [-0.1, -0.05) is 152 Å². The van der Waals surface area contributed by atoms with Gasteiger partial charge in [-0.3, -0.25) is 4.99 Å². The van der Waals surface area contributed by atoms with E-state index in [1.165, 1.54) is 79.3 Å². The maximum Gasteiger partial charge on any atom is 0.157 e. The van der Waals surface area contributed by atoms with Crippen LogP contribution < -0.4 is 5.32 Å². The summed E-state index contributed by atoms with van der Waals surface area (Å²) in [5, 5.41) is 9.76. The van der Waals surface area contributed by atoms with E-state index in [9.17, 15) is 0 Å². The van der Waals surface area contributed by atoms with Gasteiger partial charge in [0.15, 0.2) is 5.76 Å². The topological polar surface area (TPSA) is 37.5 Å². The Kier molecular flexibility index (Phi) is 8.33. The van der Waals surface area contributed by atoms with Crippen LogP contribution in [0.4, 0.5) is 5.69 Å². The molecule has 0 spiro atoms. The molecule has 1 unspecified atom stereocenters. The molecule has 63 heavy (non-hydrogen) atoms. The lowest BCUT2D eigenvalue weighted by Gasteiger charge is -2.18. The number of hydrogen-bond acceptors (Lipinski definition) is 5. The van der Waals surface area contributed by atoms with Crippen LogP contribution >= 0.6 is 22.7 Å². The van der Waals surface area contributed by atoms with Crippen LogP contribution in [0.25, 0.3) is 107 Å². The summed E-state index contributed by atoms with van der Waals surface area (Å²) < 4.78 is 11.9. The maximum atomic E-state index is 6.66. The van der Waals surface area contributed by atoms with Crippen molar-refractivity contribution in [3.05, 3.63) is 212 Å². The number of furan rings is 1. The molecule has 4 heterocycles. The Morgan fingerprint density at radius 2 is 0.873 bits per heavy atom.